The van der Waals surface area contributed by atoms with Crippen LogP contribution in [0.2, 0.25) is 0 Å². The Labute approximate surface area is 166 Å². The summed E-state index contributed by atoms with van der Waals surface area (Å²) in [5, 5.41) is 6.01. The Kier molecular flexibility index (Phi) is 5.83. The average molecular weight is 377 g/mol. The van der Waals surface area contributed by atoms with Crippen molar-refractivity contribution in [2.45, 2.75) is 39.2 Å². The standard InChI is InChI=1S/C23H28N4O/c1-17(2)18-9-7-10-19(15-18)23(3,4)26-22(28)24-13-8-12-21-25-16-20-11-5-6-14-27(20)21/h5-7,9-11,14-16H,1,8,12-13H2,2-4H3,(H2,24,26,28). The summed E-state index contributed by atoms with van der Waals surface area (Å²) in [4.78, 5) is 16.8. The third-order valence-electron chi connectivity index (χ3n) is 4.88. The van der Waals surface area contributed by atoms with E-state index < -0.39 is 5.54 Å². The summed E-state index contributed by atoms with van der Waals surface area (Å²) in [5.74, 6) is 1.01. The number of allylic oxidation sites excluding steroid dienone is 1. The molecule has 0 fully saturated rings. The van der Waals surface area contributed by atoms with Crippen molar-refractivity contribution in [2.75, 3.05) is 6.54 Å². The van der Waals surface area contributed by atoms with Gasteiger partial charge in [-0.15, -0.1) is 0 Å². The van der Waals surface area contributed by atoms with Crippen molar-refractivity contribution >= 4 is 17.1 Å². The van der Waals surface area contributed by atoms with E-state index in [1.165, 1.54) is 0 Å². The number of nitrogens with one attached hydrogen (secondary N) is 2. The molecule has 2 aromatic heterocycles. The van der Waals surface area contributed by atoms with Crippen molar-refractivity contribution < 1.29 is 4.79 Å². The minimum Gasteiger partial charge on any atom is -0.338 e. The lowest BCUT2D eigenvalue weighted by Crippen LogP contribution is -2.46. The molecule has 0 bridgehead atoms. The van der Waals surface area contributed by atoms with Gasteiger partial charge in [0.1, 0.15) is 5.82 Å². The molecule has 3 rings (SSSR count). The zero-order chi connectivity index (χ0) is 20.1. The van der Waals surface area contributed by atoms with E-state index in [0.29, 0.717) is 6.54 Å². The molecule has 0 radical (unpaired) electrons. The maximum atomic E-state index is 12.4. The van der Waals surface area contributed by atoms with E-state index in [1.54, 1.807) is 0 Å². The van der Waals surface area contributed by atoms with Crippen LogP contribution in [0.1, 0.15) is 44.1 Å². The van der Waals surface area contributed by atoms with Gasteiger partial charge in [-0.1, -0.05) is 36.4 Å². The number of rotatable bonds is 7. The van der Waals surface area contributed by atoms with Crippen LogP contribution in [0.3, 0.4) is 0 Å². The number of aromatic nitrogens is 2. The summed E-state index contributed by atoms with van der Waals surface area (Å²) in [6, 6.07) is 14.0. The number of aryl methyl sites for hydroxylation is 1. The molecule has 2 amide bonds. The Hall–Kier alpha value is -3.08. The number of hydrogen-bond donors (Lipinski definition) is 2. The molecule has 2 heterocycles. The summed E-state index contributed by atoms with van der Waals surface area (Å²) in [5.41, 5.74) is 3.75. The third-order valence-corrected chi connectivity index (χ3v) is 4.88. The zero-order valence-corrected chi connectivity index (χ0v) is 16.8. The number of urea groups is 1. The highest BCUT2D eigenvalue weighted by molar-refractivity contribution is 5.75. The minimum atomic E-state index is -0.477. The highest BCUT2D eigenvalue weighted by atomic mass is 16.2. The second-order valence-electron chi connectivity index (χ2n) is 7.64. The van der Waals surface area contributed by atoms with Crippen LogP contribution < -0.4 is 10.6 Å². The first-order valence-corrected chi connectivity index (χ1v) is 9.60. The number of amides is 2. The molecular weight excluding hydrogens is 348 g/mol. The molecule has 0 unspecified atom stereocenters. The van der Waals surface area contributed by atoms with Gasteiger partial charge < -0.3 is 15.0 Å². The fourth-order valence-electron chi connectivity index (χ4n) is 3.21. The van der Waals surface area contributed by atoms with Crippen LogP contribution >= 0.6 is 0 Å². The quantitative estimate of drug-likeness (QED) is 0.595. The fourth-order valence-corrected chi connectivity index (χ4v) is 3.21. The summed E-state index contributed by atoms with van der Waals surface area (Å²) >= 11 is 0. The zero-order valence-electron chi connectivity index (χ0n) is 16.8. The Bertz CT molecular complexity index is 987. The maximum absolute atomic E-state index is 12.4. The van der Waals surface area contributed by atoms with Crippen LogP contribution in [0, 0.1) is 0 Å². The first kappa shape index (κ1) is 19.7. The molecule has 5 nitrogen and oxygen atoms in total. The van der Waals surface area contributed by atoms with E-state index in [1.807, 2.05) is 69.6 Å². The number of pyridine rings is 1. The summed E-state index contributed by atoms with van der Waals surface area (Å²) in [6.07, 6.45) is 5.52. The monoisotopic (exact) mass is 376 g/mol. The lowest BCUT2D eigenvalue weighted by atomic mass is 9.92. The molecular formula is C23H28N4O. The first-order chi connectivity index (χ1) is 13.4. The van der Waals surface area contributed by atoms with E-state index in [9.17, 15) is 4.79 Å². The van der Waals surface area contributed by atoms with Crippen molar-refractivity contribution in [2.24, 2.45) is 0 Å². The number of benzene rings is 1. The SMILES string of the molecule is C=C(C)c1cccc(C(C)(C)NC(=O)NCCCc2ncc3ccccn23)c1. The van der Waals surface area contributed by atoms with Crippen LogP contribution in [-0.2, 0) is 12.0 Å². The van der Waals surface area contributed by atoms with Gasteiger partial charge in [0.25, 0.3) is 0 Å². The van der Waals surface area contributed by atoms with Gasteiger partial charge in [0.15, 0.2) is 0 Å². The Morgan fingerprint density at radius 1 is 1.21 bits per heavy atom. The molecule has 0 atom stereocenters. The van der Waals surface area contributed by atoms with Gasteiger partial charge in [-0.05, 0) is 56.5 Å². The molecule has 146 valence electrons. The number of hydrogen-bond acceptors (Lipinski definition) is 2. The topological polar surface area (TPSA) is 58.4 Å². The van der Waals surface area contributed by atoms with Crippen LogP contribution in [-0.4, -0.2) is 22.0 Å². The molecule has 0 aliphatic rings. The second-order valence-corrected chi connectivity index (χ2v) is 7.64. The van der Waals surface area contributed by atoms with Gasteiger partial charge in [-0.25, -0.2) is 9.78 Å². The lowest BCUT2D eigenvalue weighted by molar-refractivity contribution is 0.230. The molecule has 0 aliphatic heterocycles. The van der Waals surface area contributed by atoms with Crippen LogP contribution in [0.25, 0.3) is 11.1 Å². The molecule has 2 N–H and O–H groups in total. The van der Waals surface area contributed by atoms with Gasteiger partial charge in [0.05, 0.1) is 17.3 Å². The fraction of sp³-hybridized carbons (Fsp3) is 0.304. The van der Waals surface area contributed by atoms with Gasteiger partial charge in [-0.3, -0.25) is 0 Å². The Balaban J connectivity index is 1.51. The minimum absolute atomic E-state index is 0.168. The first-order valence-electron chi connectivity index (χ1n) is 9.60. The van der Waals surface area contributed by atoms with Crippen molar-refractivity contribution in [3.05, 3.63) is 78.4 Å². The van der Waals surface area contributed by atoms with Gasteiger partial charge in [-0.2, -0.15) is 0 Å². The highest BCUT2D eigenvalue weighted by Gasteiger charge is 2.23. The smallest absolute Gasteiger partial charge is 0.315 e. The van der Waals surface area contributed by atoms with E-state index >= 15 is 0 Å². The predicted octanol–water partition coefficient (Wildman–Crippen LogP) is 4.53. The van der Waals surface area contributed by atoms with E-state index in [-0.39, 0.29) is 6.03 Å². The number of carbonyl (C=O) groups is 1. The van der Waals surface area contributed by atoms with Crippen molar-refractivity contribution in [3.63, 3.8) is 0 Å². The number of nitrogens with zero attached hydrogens (tertiary/aromatic N) is 2. The van der Waals surface area contributed by atoms with E-state index in [2.05, 4.69) is 32.7 Å². The van der Waals surface area contributed by atoms with Crippen LogP contribution in [0.4, 0.5) is 4.79 Å². The molecule has 3 aromatic rings. The average Bonchev–Trinajstić information content (AvgIpc) is 3.08. The Morgan fingerprint density at radius 3 is 2.82 bits per heavy atom. The van der Waals surface area contributed by atoms with Crippen molar-refractivity contribution in [3.8, 4) is 0 Å². The van der Waals surface area contributed by atoms with Crippen LogP contribution in [0.15, 0.2) is 61.4 Å². The normalized spacial score (nSPS) is 11.4. The number of carbonyl (C=O) groups excluding carboxylic acids is 1. The number of fused-ring (bicyclic) bond motifs is 1. The van der Waals surface area contributed by atoms with Crippen molar-refractivity contribution in [1.29, 1.82) is 0 Å². The molecule has 1 aromatic carbocycles. The summed E-state index contributed by atoms with van der Waals surface area (Å²) < 4.78 is 2.08. The molecule has 28 heavy (non-hydrogen) atoms. The second kappa shape index (κ2) is 8.30. The Morgan fingerprint density at radius 2 is 2.04 bits per heavy atom. The van der Waals surface area contributed by atoms with Gasteiger partial charge >= 0.3 is 6.03 Å². The summed E-state index contributed by atoms with van der Waals surface area (Å²) in [6.45, 7) is 10.6. The number of imidazole rings is 1. The van der Waals surface area contributed by atoms with E-state index in [0.717, 1.165) is 40.9 Å². The predicted molar refractivity (Wildman–Crippen MR) is 114 cm³/mol. The molecule has 0 aliphatic carbocycles. The van der Waals surface area contributed by atoms with Gasteiger partial charge in [0, 0.05) is 19.2 Å². The summed E-state index contributed by atoms with van der Waals surface area (Å²) in [7, 11) is 0. The molecule has 0 saturated heterocycles. The van der Waals surface area contributed by atoms with Gasteiger partial charge in [0.2, 0.25) is 0 Å². The third kappa shape index (κ3) is 4.60. The molecule has 0 saturated carbocycles. The maximum Gasteiger partial charge on any atom is 0.315 e. The van der Waals surface area contributed by atoms with Crippen LogP contribution in [0.5, 0.6) is 0 Å². The molecule has 0 spiro atoms. The lowest BCUT2D eigenvalue weighted by Gasteiger charge is -2.27. The van der Waals surface area contributed by atoms with E-state index in [4.69, 9.17) is 0 Å². The molecule has 5 heteroatoms. The highest BCUT2D eigenvalue weighted by Crippen LogP contribution is 2.23. The largest absolute Gasteiger partial charge is 0.338 e. The van der Waals surface area contributed by atoms with Crippen molar-refractivity contribution in [1.82, 2.24) is 20.0 Å².